The van der Waals surface area contributed by atoms with Gasteiger partial charge >= 0.3 is 0 Å². The Balaban J connectivity index is 1.68. The van der Waals surface area contributed by atoms with Crippen LogP contribution in [-0.4, -0.2) is 35.5 Å². The fraction of sp³-hybridized carbons (Fsp3) is 0.211. The average Bonchev–Trinajstić information content (AvgIpc) is 3.22. The summed E-state index contributed by atoms with van der Waals surface area (Å²) in [5.41, 5.74) is 3.20. The fourth-order valence-corrected chi connectivity index (χ4v) is 3.69. The molecule has 0 spiro atoms. The highest BCUT2D eigenvalue weighted by Crippen LogP contribution is 2.39. The zero-order valence-corrected chi connectivity index (χ0v) is 15.2. The first-order valence-electron chi connectivity index (χ1n) is 8.85. The summed E-state index contributed by atoms with van der Waals surface area (Å²) in [5, 5.41) is 20.1. The van der Waals surface area contributed by atoms with Crippen LogP contribution in [0.5, 0.6) is 0 Å². The van der Waals surface area contributed by atoms with Gasteiger partial charge in [-0.1, -0.05) is 12.1 Å². The van der Waals surface area contributed by atoms with E-state index in [1.807, 2.05) is 13.8 Å². The van der Waals surface area contributed by atoms with Gasteiger partial charge in [-0.2, -0.15) is 14.3 Å². The number of nitrogens with one attached hydrogen (secondary N) is 1. The molecule has 0 fully saturated rings. The lowest BCUT2D eigenvalue weighted by molar-refractivity contribution is -0.116. The molecule has 5 rings (SSSR count). The molecule has 1 aliphatic rings. The Labute approximate surface area is 159 Å². The van der Waals surface area contributed by atoms with Crippen molar-refractivity contribution in [3.05, 3.63) is 64.9 Å². The number of aryl methyl sites for hydroxylation is 2. The Morgan fingerprint density at radius 1 is 1.07 bits per heavy atom. The van der Waals surface area contributed by atoms with Crippen LogP contribution in [0.2, 0.25) is 0 Å². The van der Waals surface area contributed by atoms with Crippen molar-refractivity contribution >= 4 is 17.4 Å². The van der Waals surface area contributed by atoms with Gasteiger partial charge in [0.2, 0.25) is 5.91 Å². The summed E-state index contributed by atoms with van der Waals surface area (Å²) in [5.74, 6) is 1.16. The molecule has 1 aromatic carbocycles. The van der Waals surface area contributed by atoms with Crippen LogP contribution in [0.3, 0.4) is 0 Å². The number of fused-ring (bicyclic) bond motifs is 2. The van der Waals surface area contributed by atoms with Gasteiger partial charge in [0.05, 0.1) is 5.69 Å². The normalized spacial score (nSPS) is 16.2. The molecule has 1 N–H and O–H groups in total. The van der Waals surface area contributed by atoms with E-state index < -0.39 is 0 Å². The second kappa shape index (κ2) is 5.95. The Hall–Kier alpha value is -3.62. The van der Waals surface area contributed by atoms with Crippen molar-refractivity contribution in [3.63, 3.8) is 0 Å². The zero-order chi connectivity index (χ0) is 19.4. The number of nitrogens with zero attached hydrogens (tertiary/aromatic N) is 6. The highest BCUT2D eigenvalue weighted by atomic mass is 19.1. The van der Waals surface area contributed by atoms with Crippen LogP contribution in [-0.2, 0) is 4.79 Å². The van der Waals surface area contributed by atoms with Crippen LogP contribution in [0.15, 0.2) is 36.4 Å². The number of amides is 1. The molecule has 4 heterocycles. The molecule has 140 valence electrons. The monoisotopic (exact) mass is 377 g/mol. The minimum atomic E-state index is -0.307. The summed E-state index contributed by atoms with van der Waals surface area (Å²) in [4.78, 5) is 12.4. The van der Waals surface area contributed by atoms with Crippen LogP contribution >= 0.6 is 0 Å². The number of anilines is 1. The maximum Gasteiger partial charge on any atom is 0.226 e. The minimum absolute atomic E-state index is 0.121. The summed E-state index contributed by atoms with van der Waals surface area (Å²) < 4.78 is 16.6. The quantitative estimate of drug-likeness (QED) is 0.580. The number of halogens is 1. The highest BCUT2D eigenvalue weighted by Gasteiger charge is 2.33. The number of hydrogen-bond donors (Lipinski definition) is 1. The molecule has 0 unspecified atom stereocenters. The largest absolute Gasteiger partial charge is 0.310 e. The number of rotatable bonds is 2. The molecule has 9 heteroatoms. The van der Waals surface area contributed by atoms with Gasteiger partial charge in [-0.15, -0.1) is 15.3 Å². The molecule has 0 bridgehead atoms. The lowest BCUT2D eigenvalue weighted by Crippen LogP contribution is -2.25. The molecule has 1 aliphatic heterocycles. The number of benzene rings is 1. The van der Waals surface area contributed by atoms with Gasteiger partial charge in [0.15, 0.2) is 17.3 Å². The van der Waals surface area contributed by atoms with Gasteiger partial charge in [-0.05, 0) is 43.7 Å². The van der Waals surface area contributed by atoms with Crippen LogP contribution in [0.4, 0.5) is 10.2 Å². The Bertz CT molecular complexity index is 1230. The van der Waals surface area contributed by atoms with Crippen LogP contribution < -0.4 is 5.32 Å². The number of hydrogen-bond acceptors (Lipinski definition) is 5. The van der Waals surface area contributed by atoms with Crippen molar-refractivity contribution in [2.24, 2.45) is 0 Å². The van der Waals surface area contributed by atoms with Crippen molar-refractivity contribution < 1.29 is 9.18 Å². The minimum Gasteiger partial charge on any atom is -0.310 e. The van der Waals surface area contributed by atoms with Gasteiger partial charge in [0, 0.05) is 17.9 Å². The number of carbonyl (C=O) groups is 1. The molecule has 0 saturated carbocycles. The zero-order valence-electron chi connectivity index (χ0n) is 15.2. The van der Waals surface area contributed by atoms with E-state index in [9.17, 15) is 9.18 Å². The average molecular weight is 377 g/mol. The molecule has 4 aromatic rings. The van der Waals surface area contributed by atoms with E-state index in [2.05, 4.69) is 25.7 Å². The van der Waals surface area contributed by atoms with Crippen molar-refractivity contribution in [1.82, 2.24) is 29.6 Å². The Morgan fingerprint density at radius 2 is 1.86 bits per heavy atom. The summed E-state index contributed by atoms with van der Waals surface area (Å²) in [6.45, 7) is 3.71. The van der Waals surface area contributed by atoms with E-state index in [1.165, 1.54) is 12.1 Å². The Morgan fingerprint density at radius 3 is 2.64 bits per heavy atom. The van der Waals surface area contributed by atoms with Gasteiger partial charge in [-0.25, -0.2) is 4.39 Å². The lowest BCUT2D eigenvalue weighted by atomic mass is 9.86. The topological polar surface area (TPSA) is 90.0 Å². The molecule has 0 aliphatic carbocycles. The van der Waals surface area contributed by atoms with E-state index in [0.717, 1.165) is 16.8 Å². The first-order chi connectivity index (χ1) is 13.5. The first-order valence-corrected chi connectivity index (χ1v) is 8.85. The van der Waals surface area contributed by atoms with E-state index in [-0.39, 0.29) is 24.1 Å². The molecule has 28 heavy (non-hydrogen) atoms. The van der Waals surface area contributed by atoms with Crippen LogP contribution in [0.25, 0.3) is 11.5 Å². The van der Waals surface area contributed by atoms with Gasteiger partial charge in [-0.3, -0.25) is 4.79 Å². The summed E-state index contributed by atoms with van der Waals surface area (Å²) in [6.07, 6.45) is 0.280. The van der Waals surface area contributed by atoms with Crippen molar-refractivity contribution in [2.75, 3.05) is 5.32 Å². The van der Waals surface area contributed by atoms with Gasteiger partial charge in [0.25, 0.3) is 0 Å². The third-order valence-electron chi connectivity index (χ3n) is 5.00. The van der Waals surface area contributed by atoms with Gasteiger partial charge in [0.1, 0.15) is 11.6 Å². The molecule has 1 amide bonds. The molecular weight excluding hydrogens is 361 g/mol. The predicted octanol–water partition coefficient (Wildman–Crippen LogP) is 2.54. The smallest absolute Gasteiger partial charge is 0.226 e. The highest BCUT2D eigenvalue weighted by molar-refractivity contribution is 5.95. The van der Waals surface area contributed by atoms with E-state index in [4.69, 9.17) is 0 Å². The Kier molecular flexibility index (Phi) is 3.51. The second-order valence-electron chi connectivity index (χ2n) is 6.82. The number of aromatic nitrogens is 6. The number of carbonyl (C=O) groups excluding carboxylic acids is 1. The summed E-state index contributed by atoms with van der Waals surface area (Å²) in [6, 6.07) is 9.82. The molecule has 1 atom stereocenters. The third kappa shape index (κ3) is 2.47. The standard InChI is InChI=1S/C19H16FN7O/c1-10-18-14(12-3-5-13(20)6-4-12)9-17(28)21-19(18)27(24-10)16-8-7-15-23-22-11(2)26(15)25-16/h3-8,14H,9H2,1-2H3,(H,21,28)/t14-/m1/s1. The summed E-state index contributed by atoms with van der Waals surface area (Å²) in [7, 11) is 0. The SMILES string of the molecule is Cc1nn(-c2ccc3nnc(C)n3n2)c2c1[C@@H](c1ccc(F)cc1)CC(=O)N2. The molecule has 0 radical (unpaired) electrons. The van der Waals surface area contributed by atoms with Crippen molar-refractivity contribution in [3.8, 4) is 5.82 Å². The van der Waals surface area contributed by atoms with E-state index >= 15 is 0 Å². The van der Waals surface area contributed by atoms with Crippen molar-refractivity contribution in [1.29, 1.82) is 0 Å². The third-order valence-corrected chi connectivity index (χ3v) is 5.00. The molecule has 3 aromatic heterocycles. The first kappa shape index (κ1) is 16.5. The van der Waals surface area contributed by atoms with Crippen LogP contribution in [0, 0.1) is 19.7 Å². The lowest BCUT2D eigenvalue weighted by Gasteiger charge is -2.24. The molecular formula is C19H16FN7O. The fourth-order valence-electron chi connectivity index (χ4n) is 3.69. The molecule has 0 saturated heterocycles. The maximum absolute atomic E-state index is 13.3. The van der Waals surface area contributed by atoms with E-state index in [1.54, 1.807) is 33.5 Å². The van der Waals surface area contributed by atoms with Crippen molar-refractivity contribution in [2.45, 2.75) is 26.2 Å². The van der Waals surface area contributed by atoms with Gasteiger partial charge < -0.3 is 5.32 Å². The van der Waals surface area contributed by atoms with Crippen LogP contribution in [0.1, 0.15) is 35.0 Å². The maximum atomic E-state index is 13.3. The summed E-state index contributed by atoms with van der Waals surface area (Å²) >= 11 is 0. The predicted molar refractivity (Wildman–Crippen MR) is 98.9 cm³/mol. The molecule has 8 nitrogen and oxygen atoms in total. The van der Waals surface area contributed by atoms with E-state index in [0.29, 0.717) is 23.1 Å². The second-order valence-corrected chi connectivity index (χ2v) is 6.82.